The molecule has 0 saturated heterocycles. The van der Waals surface area contributed by atoms with Crippen LogP contribution in [-0.2, 0) is 11.4 Å². The van der Waals surface area contributed by atoms with E-state index in [1.807, 2.05) is 79.7 Å². The third-order valence-corrected chi connectivity index (χ3v) is 9.14. The van der Waals surface area contributed by atoms with Crippen LogP contribution in [0.15, 0.2) is 123 Å². The van der Waals surface area contributed by atoms with E-state index in [9.17, 15) is 14.4 Å². The molecule has 0 bridgehead atoms. The van der Waals surface area contributed by atoms with Gasteiger partial charge in [0.05, 0.1) is 31.9 Å². The number of allylic oxidation sites excluding steroid dienone is 1. The van der Waals surface area contributed by atoms with Crippen molar-refractivity contribution in [1.29, 1.82) is 0 Å². The van der Waals surface area contributed by atoms with E-state index >= 15 is 0 Å². The van der Waals surface area contributed by atoms with Crippen molar-refractivity contribution >= 4 is 50.9 Å². The number of carbonyl (C=O) groups excluding carboxylic acids is 1. The fourth-order valence-corrected chi connectivity index (χ4v) is 6.73. The summed E-state index contributed by atoms with van der Waals surface area (Å²) in [5.41, 5.74) is 5.08. The average molecular weight is 695 g/mol. The first-order chi connectivity index (χ1) is 22.2. The Kier molecular flexibility index (Phi) is 8.83. The molecule has 1 atom stereocenters. The van der Waals surface area contributed by atoms with Gasteiger partial charge in [-0.3, -0.25) is 14.2 Å². The highest BCUT2D eigenvalue weighted by Crippen LogP contribution is 2.31. The van der Waals surface area contributed by atoms with Gasteiger partial charge in [-0.25, -0.2) is 9.79 Å². The number of para-hydroxylation sites is 1. The van der Waals surface area contributed by atoms with E-state index in [-0.39, 0.29) is 23.6 Å². The summed E-state index contributed by atoms with van der Waals surface area (Å²) in [6.45, 7) is 4.05. The molecule has 230 valence electrons. The van der Waals surface area contributed by atoms with E-state index < -0.39 is 12.0 Å². The zero-order chi connectivity index (χ0) is 32.4. The van der Waals surface area contributed by atoms with Crippen LogP contribution in [0.3, 0.4) is 0 Å². The van der Waals surface area contributed by atoms with E-state index in [2.05, 4.69) is 21.2 Å². The molecule has 1 aromatic heterocycles. The number of hydrogen-bond donors (Lipinski definition) is 2. The summed E-state index contributed by atoms with van der Waals surface area (Å²) < 4.78 is 8.73. The number of thiazole rings is 1. The van der Waals surface area contributed by atoms with Crippen LogP contribution in [0.5, 0.6) is 5.75 Å². The molecule has 0 saturated carbocycles. The second-order valence-electron chi connectivity index (χ2n) is 10.8. The number of rotatable bonds is 8. The summed E-state index contributed by atoms with van der Waals surface area (Å²) >= 11 is 4.85. The Balaban J connectivity index is 1.32. The fraction of sp³-hybridized carbons (Fsp3) is 0.111. The number of nitrogens with zero attached hydrogens (tertiary/aromatic N) is 2. The number of hydrogen-bond acceptors (Lipinski definition) is 6. The van der Waals surface area contributed by atoms with Crippen molar-refractivity contribution in [2.24, 2.45) is 4.99 Å². The molecule has 2 heterocycles. The Labute approximate surface area is 276 Å². The maximum Gasteiger partial charge on any atom is 0.335 e. The predicted octanol–water partition coefficient (Wildman–Crippen LogP) is 6.22. The third kappa shape index (κ3) is 6.49. The van der Waals surface area contributed by atoms with E-state index in [0.717, 1.165) is 22.3 Å². The number of carboxylic acids is 1. The molecule has 2 N–H and O–H groups in total. The first-order valence-corrected chi connectivity index (χ1v) is 16.0. The Morgan fingerprint density at radius 1 is 1.00 bits per heavy atom. The third-order valence-electron chi connectivity index (χ3n) is 7.54. The molecule has 6 rings (SSSR count). The Hall–Kier alpha value is -5.06. The van der Waals surface area contributed by atoms with Gasteiger partial charge in [-0.2, -0.15) is 0 Å². The van der Waals surface area contributed by atoms with Gasteiger partial charge in [-0.05, 0) is 88.9 Å². The van der Waals surface area contributed by atoms with E-state index in [0.29, 0.717) is 36.5 Å². The van der Waals surface area contributed by atoms with Gasteiger partial charge in [0, 0.05) is 5.69 Å². The van der Waals surface area contributed by atoms with Crippen molar-refractivity contribution in [3.8, 4) is 5.75 Å². The molecule has 10 heteroatoms. The lowest BCUT2D eigenvalue weighted by molar-refractivity contribution is -0.113. The highest BCUT2D eigenvalue weighted by molar-refractivity contribution is 9.10. The highest BCUT2D eigenvalue weighted by atomic mass is 79.9. The van der Waals surface area contributed by atoms with Gasteiger partial charge in [0.25, 0.3) is 11.5 Å². The van der Waals surface area contributed by atoms with Crippen molar-refractivity contribution in [3.63, 3.8) is 0 Å². The number of anilines is 1. The maximum atomic E-state index is 14.0. The number of aryl methyl sites for hydroxylation is 1. The minimum atomic E-state index is -0.979. The number of ether oxygens (including phenoxy) is 1. The topological polar surface area (TPSA) is 110 Å². The van der Waals surface area contributed by atoms with Crippen LogP contribution in [0, 0.1) is 6.92 Å². The van der Waals surface area contributed by atoms with Gasteiger partial charge in [0.1, 0.15) is 12.4 Å². The molecule has 5 aromatic rings. The molecule has 0 unspecified atom stereocenters. The molecular formula is C36H28BrN3O5S. The van der Waals surface area contributed by atoms with Crippen LogP contribution in [-0.4, -0.2) is 21.6 Å². The van der Waals surface area contributed by atoms with Gasteiger partial charge in [0.2, 0.25) is 0 Å². The Morgan fingerprint density at radius 2 is 1.72 bits per heavy atom. The van der Waals surface area contributed by atoms with Crippen LogP contribution in [0.2, 0.25) is 0 Å². The summed E-state index contributed by atoms with van der Waals surface area (Å²) in [4.78, 5) is 44.1. The lowest BCUT2D eigenvalue weighted by Gasteiger charge is -2.25. The molecule has 1 aliphatic rings. The van der Waals surface area contributed by atoms with Crippen molar-refractivity contribution < 1.29 is 19.4 Å². The fourth-order valence-electron chi connectivity index (χ4n) is 5.18. The zero-order valence-corrected chi connectivity index (χ0v) is 27.3. The molecular weight excluding hydrogens is 666 g/mol. The van der Waals surface area contributed by atoms with E-state index in [1.54, 1.807) is 41.8 Å². The highest BCUT2D eigenvalue weighted by Gasteiger charge is 2.32. The molecule has 4 aromatic carbocycles. The second kappa shape index (κ2) is 13.1. The predicted molar refractivity (Wildman–Crippen MR) is 182 cm³/mol. The molecule has 0 fully saturated rings. The monoisotopic (exact) mass is 693 g/mol. The molecule has 1 aliphatic heterocycles. The number of benzene rings is 4. The van der Waals surface area contributed by atoms with Crippen molar-refractivity contribution in [2.75, 3.05) is 5.32 Å². The number of nitrogens with one attached hydrogen (secondary N) is 1. The number of amides is 1. The van der Waals surface area contributed by atoms with E-state index in [1.165, 1.54) is 11.3 Å². The summed E-state index contributed by atoms with van der Waals surface area (Å²) in [6.07, 6.45) is 1.80. The Bertz CT molecular complexity index is 2170. The van der Waals surface area contributed by atoms with Crippen LogP contribution in [0.4, 0.5) is 5.69 Å². The standard InChI is InChI=1S/C36H28BrN3O5S/c1-21-8-13-25(14-9-21)32-31(33(41)39-27-6-4-3-5-7-27)22(2)38-36-40(32)34(42)30(46-36)19-24-12-17-29(28(37)18-24)45-20-23-10-15-26(16-11-23)35(43)44/h3-19,32H,20H2,1-2H3,(H,39,41)(H,43,44)/b30-19+/t32-/m1/s1. The summed E-state index contributed by atoms with van der Waals surface area (Å²) in [5, 5.41) is 12.1. The molecule has 0 radical (unpaired) electrons. The first-order valence-electron chi connectivity index (χ1n) is 14.4. The van der Waals surface area contributed by atoms with Gasteiger partial charge >= 0.3 is 5.97 Å². The zero-order valence-electron chi connectivity index (χ0n) is 24.9. The lowest BCUT2D eigenvalue weighted by Crippen LogP contribution is -2.40. The van der Waals surface area contributed by atoms with Gasteiger partial charge in [0.15, 0.2) is 4.80 Å². The van der Waals surface area contributed by atoms with Crippen molar-refractivity contribution in [3.05, 3.63) is 160 Å². The van der Waals surface area contributed by atoms with Gasteiger partial charge in [-0.1, -0.05) is 77.6 Å². The van der Waals surface area contributed by atoms with E-state index in [4.69, 9.17) is 14.8 Å². The van der Waals surface area contributed by atoms with Gasteiger partial charge < -0.3 is 15.2 Å². The van der Waals surface area contributed by atoms with Crippen LogP contribution in [0.25, 0.3) is 6.08 Å². The number of halogens is 1. The molecule has 1 amide bonds. The summed E-state index contributed by atoms with van der Waals surface area (Å²) in [5.74, 6) is -0.692. The molecule has 0 spiro atoms. The normalized spacial score (nSPS) is 14.4. The van der Waals surface area contributed by atoms with Crippen LogP contribution < -0.4 is 24.9 Å². The first kappa shape index (κ1) is 30.9. The molecule has 8 nitrogen and oxygen atoms in total. The van der Waals surface area contributed by atoms with Crippen molar-refractivity contribution in [2.45, 2.75) is 26.5 Å². The number of aromatic carboxylic acids is 1. The SMILES string of the molecule is CC1=C(C(=O)Nc2ccccc2)[C@@H](c2ccc(C)cc2)n2c(s/c(=C/c3ccc(OCc4ccc(C(=O)O)cc4)c(Br)c3)c2=O)=N1. The number of carbonyl (C=O) groups is 2. The minimum Gasteiger partial charge on any atom is -0.488 e. The van der Waals surface area contributed by atoms with Crippen LogP contribution >= 0.6 is 27.3 Å². The lowest BCUT2D eigenvalue weighted by atomic mass is 9.94. The molecule has 0 aliphatic carbocycles. The largest absolute Gasteiger partial charge is 0.488 e. The Morgan fingerprint density at radius 3 is 2.39 bits per heavy atom. The smallest absolute Gasteiger partial charge is 0.335 e. The number of aromatic nitrogens is 1. The summed E-state index contributed by atoms with van der Waals surface area (Å²) in [6, 6.07) is 28.4. The van der Waals surface area contributed by atoms with Crippen molar-refractivity contribution in [1.82, 2.24) is 4.57 Å². The second-order valence-corrected chi connectivity index (χ2v) is 12.7. The van der Waals surface area contributed by atoms with Gasteiger partial charge in [-0.15, -0.1) is 0 Å². The number of fused-ring (bicyclic) bond motifs is 1. The quantitative estimate of drug-likeness (QED) is 0.201. The maximum absolute atomic E-state index is 14.0. The molecule has 46 heavy (non-hydrogen) atoms. The minimum absolute atomic E-state index is 0.214. The summed E-state index contributed by atoms with van der Waals surface area (Å²) in [7, 11) is 0. The average Bonchev–Trinajstić information content (AvgIpc) is 3.34. The number of carboxylic acid groups (broad SMARTS) is 1. The van der Waals surface area contributed by atoms with Crippen LogP contribution in [0.1, 0.15) is 45.6 Å².